The van der Waals surface area contributed by atoms with E-state index in [0.717, 1.165) is 23.9 Å². The number of nitrogens with one attached hydrogen (secondary N) is 1. The smallest absolute Gasteiger partial charge is 0.00951 e. The molecule has 0 saturated heterocycles. The van der Waals surface area contributed by atoms with Crippen LogP contribution in [0.5, 0.6) is 0 Å². The molecule has 3 unspecified atom stereocenters. The third kappa shape index (κ3) is 3.21. The van der Waals surface area contributed by atoms with Crippen LogP contribution in [0.3, 0.4) is 0 Å². The Labute approximate surface area is 95.0 Å². The molecule has 1 N–H and O–H groups in total. The van der Waals surface area contributed by atoms with Gasteiger partial charge in [0.15, 0.2) is 0 Å². The molecule has 2 rings (SSSR count). The number of rotatable bonds is 4. The predicted octanol–water partition coefficient (Wildman–Crippen LogP) is 3.73. The first kappa shape index (κ1) is 11.4. The van der Waals surface area contributed by atoms with Gasteiger partial charge in [-0.1, -0.05) is 39.0 Å². The maximum absolute atomic E-state index is 3.86. The maximum atomic E-state index is 3.86. The lowest BCUT2D eigenvalue weighted by Crippen LogP contribution is -2.38. The van der Waals surface area contributed by atoms with E-state index < -0.39 is 0 Å². The Morgan fingerprint density at radius 2 is 1.80 bits per heavy atom. The van der Waals surface area contributed by atoms with Crippen LogP contribution in [0.15, 0.2) is 0 Å². The Bertz CT molecular complexity index is 184. The van der Waals surface area contributed by atoms with Gasteiger partial charge < -0.3 is 5.32 Å². The van der Waals surface area contributed by atoms with Crippen LogP contribution in [0.4, 0.5) is 0 Å². The van der Waals surface area contributed by atoms with Gasteiger partial charge in [-0.25, -0.2) is 0 Å². The van der Waals surface area contributed by atoms with Crippen LogP contribution >= 0.6 is 0 Å². The molecule has 2 fully saturated rings. The van der Waals surface area contributed by atoms with Gasteiger partial charge in [0.25, 0.3) is 0 Å². The Kier molecular flexibility index (Phi) is 4.07. The lowest BCUT2D eigenvalue weighted by atomic mass is 9.97. The molecular formula is C14H27N. The summed E-state index contributed by atoms with van der Waals surface area (Å²) in [6, 6.07) is 1.57. The summed E-state index contributed by atoms with van der Waals surface area (Å²) in [5.41, 5.74) is 0. The van der Waals surface area contributed by atoms with Crippen LogP contribution in [0.1, 0.15) is 65.2 Å². The molecule has 0 bridgehead atoms. The van der Waals surface area contributed by atoms with Crippen LogP contribution in [0.25, 0.3) is 0 Å². The molecule has 0 aromatic carbocycles. The first-order chi connectivity index (χ1) is 7.25. The molecule has 2 saturated carbocycles. The van der Waals surface area contributed by atoms with Gasteiger partial charge in [0.1, 0.15) is 0 Å². The summed E-state index contributed by atoms with van der Waals surface area (Å²) in [6.45, 7) is 4.80. The average molecular weight is 209 g/mol. The second-order valence-electron chi connectivity index (χ2n) is 5.97. The van der Waals surface area contributed by atoms with Crippen molar-refractivity contribution in [2.45, 2.75) is 77.3 Å². The molecule has 2 aliphatic rings. The summed E-state index contributed by atoms with van der Waals surface area (Å²) in [7, 11) is 0. The topological polar surface area (TPSA) is 12.0 Å². The van der Waals surface area contributed by atoms with E-state index in [-0.39, 0.29) is 0 Å². The average Bonchev–Trinajstić information content (AvgIpc) is 2.79. The minimum atomic E-state index is 0.749. The van der Waals surface area contributed by atoms with Gasteiger partial charge >= 0.3 is 0 Å². The van der Waals surface area contributed by atoms with Gasteiger partial charge in [-0.3, -0.25) is 0 Å². The van der Waals surface area contributed by atoms with Crippen molar-refractivity contribution in [1.82, 2.24) is 5.32 Å². The van der Waals surface area contributed by atoms with Crippen LogP contribution in [-0.2, 0) is 0 Å². The lowest BCUT2D eigenvalue weighted by Gasteiger charge is -2.24. The van der Waals surface area contributed by atoms with Gasteiger partial charge in [0.2, 0.25) is 0 Å². The summed E-state index contributed by atoms with van der Waals surface area (Å²) < 4.78 is 0. The minimum absolute atomic E-state index is 0.749. The van der Waals surface area contributed by atoms with Gasteiger partial charge in [-0.2, -0.15) is 0 Å². The van der Waals surface area contributed by atoms with E-state index in [1.54, 1.807) is 0 Å². The van der Waals surface area contributed by atoms with Crippen LogP contribution in [-0.4, -0.2) is 12.1 Å². The molecule has 0 amide bonds. The molecule has 0 spiro atoms. The Morgan fingerprint density at radius 1 is 1.07 bits per heavy atom. The molecule has 0 aromatic rings. The highest BCUT2D eigenvalue weighted by Crippen LogP contribution is 2.30. The van der Waals surface area contributed by atoms with Crippen molar-refractivity contribution >= 4 is 0 Å². The molecule has 3 atom stereocenters. The molecule has 88 valence electrons. The second kappa shape index (κ2) is 5.34. The van der Waals surface area contributed by atoms with E-state index in [1.807, 2.05) is 0 Å². The van der Waals surface area contributed by atoms with Crippen molar-refractivity contribution in [3.8, 4) is 0 Å². The highest BCUT2D eigenvalue weighted by Gasteiger charge is 2.25. The van der Waals surface area contributed by atoms with Gasteiger partial charge in [-0.15, -0.1) is 0 Å². The third-order valence-electron chi connectivity index (χ3n) is 4.52. The molecule has 0 radical (unpaired) electrons. The van der Waals surface area contributed by atoms with Gasteiger partial charge in [0, 0.05) is 12.1 Å². The van der Waals surface area contributed by atoms with E-state index in [9.17, 15) is 0 Å². The Morgan fingerprint density at radius 3 is 2.40 bits per heavy atom. The number of hydrogen-bond donors (Lipinski definition) is 1. The molecule has 2 aliphatic carbocycles. The molecular weight excluding hydrogens is 182 g/mol. The zero-order chi connectivity index (χ0) is 10.7. The fraction of sp³-hybridized carbons (Fsp3) is 1.00. The highest BCUT2D eigenvalue weighted by atomic mass is 15.0. The maximum Gasteiger partial charge on any atom is 0.00951 e. The quantitative estimate of drug-likeness (QED) is 0.744. The minimum Gasteiger partial charge on any atom is -0.311 e. The van der Waals surface area contributed by atoms with Crippen molar-refractivity contribution in [1.29, 1.82) is 0 Å². The summed E-state index contributed by atoms with van der Waals surface area (Å²) in [5.74, 6) is 1.94. The van der Waals surface area contributed by atoms with Gasteiger partial charge in [0.05, 0.1) is 0 Å². The SMILES string of the molecule is CC(CC1CCCC1)NC1CCCC1C. The zero-order valence-electron chi connectivity index (χ0n) is 10.5. The van der Waals surface area contributed by atoms with Crippen molar-refractivity contribution < 1.29 is 0 Å². The molecule has 1 nitrogen and oxygen atoms in total. The molecule has 0 aromatic heterocycles. The van der Waals surface area contributed by atoms with E-state index >= 15 is 0 Å². The van der Waals surface area contributed by atoms with Crippen LogP contribution in [0.2, 0.25) is 0 Å². The molecule has 0 heterocycles. The van der Waals surface area contributed by atoms with Crippen molar-refractivity contribution in [3.63, 3.8) is 0 Å². The fourth-order valence-corrected chi connectivity index (χ4v) is 3.57. The molecule has 15 heavy (non-hydrogen) atoms. The Hall–Kier alpha value is -0.0400. The first-order valence-electron chi connectivity index (χ1n) is 7.01. The van der Waals surface area contributed by atoms with Crippen molar-refractivity contribution in [2.75, 3.05) is 0 Å². The fourth-order valence-electron chi connectivity index (χ4n) is 3.57. The second-order valence-corrected chi connectivity index (χ2v) is 5.97. The molecule has 0 aliphatic heterocycles. The summed E-state index contributed by atoms with van der Waals surface area (Å²) in [4.78, 5) is 0. The summed E-state index contributed by atoms with van der Waals surface area (Å²) >= 11 is 0. The van der Waals surface area contributed by atoms with E-state index in [4.69, 9.17) is 0 Å². The molecule has 1 heteroatoms. The normalized spacial score (nSPS) is 34.8. The summed E-state index contributed by atoms with van der Waals surface area (Å²) in [6.07, 6.45) is 11.7. The third-order valence-corrected chi connectivity index (χ3v) is 4.52. The Balaban J connectivity index is 1.69. The van der Waals surface area contributed by atoms with Gasteiger partial charge in [-0.05, 0) is 38.0 Å². The van der Waals surface area contributed by atoms with E-state index in [2.05, 4.69) is 19.2 Å². The highest BCUT2D eigenvalue weighted by molar-refractivity contribution is 4.83. The van der Waals surface area contributed by atoms with Crippen molar-refractivity contribution in [3.05, 3.63) is 0 Å². The lowest BCUT2D eigenvalue weighted by molar-refractivity contribution is 0.335. The standard InChI is InChI=1S/C14H27N/c1-11-6-5-9-14(11)15-12(2)10-13-7-3-4-8-13/h11-15H,3-10H2,1-2H3. The largest absolute Gasteiger partial charge is 0.311 e. The summed E-state index contributed by atoms with van der Waals surface area (Å²) in [5, 5.41) is 3.86. The number of hydrogen-bond acceptors (Lipinski definition) is 1. The predicted molar refractivity (Wildman–Crippen MR) is 66.0 cm³/mol. The van der Waals surface area contributed by atoms with Crippen LogP contribution in [0, 0.1) is 11.8 Å². The monoisotopic (exact) mass is 209 g/mol. The van der Waals surface area contributed by atoms with Crippen molar-refractivity contribution in [2.24, 2.45) is 11.8 Å². The zero-order valence-corrected chi connectivity index (χ0v) is 10.5. The van der Waals surface area contributed by atoms with E-state index in [0.29, 0.717) is 0 Å². The van der Waals surface area contributed by atoms with Crippen LogP contribution < -0.4 is 5.32 Å². The first-order valence-corrected chi connectivity index (χ1v) is 7.01. The van der Waals surface area contributed by atoms with E-state index in [1.165, 1.54) is 51.4 Å².